The second-order valence-electron chi connectivity index (χ2n) is 3.04. The Kier molecular flexibility index (Phi) is 3.86. The van der Waals surface area contributed by atoms with Crippen molar-refractivity contribution < 1.29 is 0 Å². The van der Waals surface area contributed by atoms with Crippen LogP contribution in [0.4, 0.5) is 5.00 Å². The molecule has 6 heteroatoms. The molecule has 84 valence electrons. The summed E-state index contributed by atoms with van der Waals surface area (Å²) in [6.07, 6.45) is 0. The molecule has 2 nitrogen and oxygen atoms in total. The van der Waals surface area contributed by atoms with Crippen LogP contribution < -0.4 is 10.1 Å². The molecule has 1 aromatic carbocycles. The first-order valence-electron chi connectivity index (χ1n) is 4.44. The third-order valence-corrected chi connectivity index (χ3v) is 5.09. The molecule has 0 spiro atoms. The highest BCUT2D eigenvalue weighted by Crippen LogP contribution is 2.28. The van der Waals surface area contributed by atoms with Crippen LogP contribution in [0.15, 0.2) is 29.1 Å². The minimum absolute atomic E-state index is 0.103. The van der Waals surface area contributed by atoms with Crippen LogP contribution in [0.3, 0.4) is 0 Å². The summed E-state index contributed by atoms with van der Waals surface area (Å²) >= 11 is 11.8. The van der Waals surface area contributed by atoms with Crippen molar-refractivity contribution in [3.63, 3.8) is 0 Å². The number of benzene rings is 1. The first-order valence-corrected chi connectivity index (χ1v) is 7.35. The standard InChI is InChI=1S/C10H7Cl2NOS2/c11-7-4-2-1-3-6(7)5-13-9-8(12)10(14)16-15-9/h1-4,13H,5H2. The van der Waals surface area contributed by atoms with E-state index in [1.165, 1.54) is 10.3 Å². The molecule has 0 aliphatic carbocycles. The summed E-state index contributed by atoms with van der Waals surface area (Å²) in [5.41, 5.74) is 0.978. The minimum Gasteiger partial charge on any atom is -0.371 e. The second-order valence-corrected chi connectivity index (χ2v) is 5.94. The molecule has 0 saturated carbocycles. The van der Waals surface area contributed by atoms with Gasteiger partial charge in [-0.1, -0.05) is 51.7 Å². The van der Waals surface area contributed by atoms with Crippen LogP contribution in [-0.2, 0) is 6.54 Å². The molecule has 2 aromatic rings. The maximum atomic E-state index is 11.1. The number of halogens is 2. The number of rotatable bonds is 3. The lowest BCUT2D eigenvalue weighted by molar-refractivity contribution is 1.16. The van der Waals surface area contributed by atoms with E-state index < -0.39 is 0 Å². The van der Waals surface area contributed by atoms with Crippen LogP contribution >= 0.6 is 43.9 Å². The van der Waals surface area contributed by atoms with E-state index in [9.17, 15) is 4.79 Å². The normalized spacial score (nSPS) is 10.4. The van der Waals surface area contributed by atoms with Gasteiger partial charge in [-0.15, -0.1) is 0 Å². The van der Waals surface area contributed by atoms with E-state index >= 15 is 0 Å². The van der Waals surface area contributed by atoms with Gasteiger partial charge in [0.05, 0.1) is 0 Å². The molecule has 1 aromatic heterocycles. The fourth-order valence-electron chi connectivity index (χ4n) is 1.17. The van der Waals surface area contributed by atoms with Crippen molar-refractivity contribution in [2.24, 2.45) is 0 Å². The molecule has 0 amide bonds. The van der Waals surface area contributed by atoms with Gasteiger partial charge in [-0.3, -0.25) is 4.79 Å². The quantitative estimate of drug-likeness (QED) is 0.863. The number of hydrogen-bond donors (Lipinski definition) is 1. The van der Waals surface area contributed by atoms with Crippen molar-refractivity contribution in [1.82, 2.24) is 0 Å². The smallest absolute Gasteiger partial charge is 0.263 e. The molecule has 0 bridgehead atoms. The van der Waals surface area contributed by atoms with Crippen LogP contribution in [0, 0.1) is 0 Å². The Morgan fingerprint density at radius 3 is 2.56 bits per heavy atom. The lowest BCUT2D eigenvalue weighted by Gasteiger charge is -2.05. The van der Waals surface area contributed by atoms with Gasteiger partial charge in [0.2, 0.25) is 0 Å². The molecule has 0 atom stereocenters. The Hall–Kier alpha value is -0.550. The van der Waals surface area contributed by atoms with Crippen molar-refractivity contribution in [2.75, 3.05) is 5.32 Å². The summed E-state index contributed by atoms with van der Waals surface area (Å²) in [6, 6.07) is 7.55. The second kappa shape index (κ2) is 5.19. The zero-order valence-corrected chi connectivity index (χ0v) is 11.1. The maximum Gasteiger partial charge on any atom is 0.263 e. The monoisotopic (exact) mass is 291 g/mol. The SMILES string of the molecule is O=c1ssc(NCc2ccccc2Cl)c1Cl. The van der Waals surface area contributed by atoms with Crippen molar-refractivity contribution in [1.29, 1.82) is 0 Å². The summed E-state index contributed by atoms with van der Waals surface area (Å²) in [5.74, 6) is 0. The van der Waals surface area contributed by atoms with E-state index in [2.05, 4.69) is 5.32 Å². The van der Waals surface area contributed by atoms with Crippen LogP contribution in [-0.4, -0.2) is 0 Å². The molecule has 16 heavy (non-hydrogen) atoms. The third kappa shape index (κ3) is 2.58. The molecule has 1 N–H and O–H groups in total. The number of hydrogen-bond acceptors (Lipinski definition) is 4. The van der Waals surface area contributed by atoms with E-state index in [0.29, 0.717) is 16.6 Å². The molecule has 0 radical (unpaired) electrons. The predicted octanol–water partition coefficient (Wildman–Crippen LogP) is 4.09. The average molecular weight is 292 g/mol. The Labute approximate surface area is 110 Å². The van der Waals surface area contributed by atoms with Crippen molar-refractivity contribution >= 4 is 48.9 Å². The van der Waals surface area contributed by atoms with Gasteiger partial charge in [0.25, 0.3) is 4.74 Å². The van der Waals surface area contributed by atoms with Gasteiger partial charge < -0.3 is 5.32 Å². The summed E-state index contributed by atoms with van der Waals surface area (Å²) in [7, 11) is 2.47. The largest absolute Gasteiger partial charge is 0.371 e. The van der Waals surface area contributed by atoms with E-state index in [1.807, 2.05) is 24.3 Å². The Morgan fingerprint density at radius 2 is 1.94 bits per heavy atom. The Bertz CT molecular complexity index is 550. The minimum atomic E-state index is -0.103. The number of nitrogens with one attached hydrogen (secondary N) is 1. The van der Waals surface area contributed by atoms with Gasteiger partial charge >= 0.3 is 0 Å². The van der Waals surface area contributed by atoms with Crippen molar-refractivity contribution in [3.8, 4) is 0 Å². The summed E-state index contributed by atoms with van der Waals surface area (Å²) in [6.45, 7) is 0.562. The molecular formula is C10H7Cl2NOS2. The summed E-state index contributed by atoms with van der Waals surface area (Å²) < 4.78 is -0.103. The molecular weight excluding hydrogens is 285 g/mol. The van der Waals surface area contributed by atoms with Crippen molar-refractivity contribution in [2.45, 2.75) is 6.54 Å². The van der Waals surface area contributed by atoms with Crippen molar-refractivity contribution in [3.05, 3.63) is 49.4 Å². The molecule has 0 saturated heterocycles. The summed E-state index contributed by atoms with van der Waals surface area (Å²) in [4.78, 5) is 11.1. The zero-order chi connectivity index (χ0) is 11.5. The average Bonchev–Trinajstić information content (AvgIpc) is 2.59. The first kappa shape index (κ1) is 11.9. The fourth-order valence-corrected chi connectivity index (χ4v) is 3.79. The van der Waals surface area contributed by atoms with Gasteiger partial charge in [0.15, 0.2) is 0 Å². The predicted molar refractivity (Wildman–Crippen MR) is 72.3 cm³/mol. The first-order chi connectivity index (χ1) is 7.68. The lowest BCUT2D eigenvalue weighted by Crippen LogP contribution is -2.00. The molecule has 0 aliphatic rings. The highest BCUT2D eigenvalue weighted by Gasteiger charge is 2.08. The van der Waals surface area contributed by atoms with Gasteiger partial charge in [-0.2, -0.15) is 0 Å². The van der Waals surface area contributed by atoms with Crippen LogP contribution in [0.1, 0.15) is 5.56 Å². The zero-order valence-electron chi connectivity index (χ0n) is 8.00. The highest BCUT2D eigenvalue weighted by molar-refractivity contribution is 7.70. The van der Waals surface area contributed by atoms with E-state index in [-0.39, 0.29) is 9.77 Å². The van der Waals surface area contributed by atoms with Crippen LogP contribution in [0.25, 0.3) is 0 Å². The van der Waals surface area contributed by atoms with Gasteiger partial charge in [-0.25, -0.2) is 0 Å². The van der Waals surface area contributed by atoms with E-state index in [1.54, 1.807) is 0 Å². The molecule has 1 heterocycles. The molecule has 0 unspecified atom stereocenters. The highest BCUT2D eigenvalue weighted by atomic mass is 35.5. The number of anilines is 1. The van der Waals surface area contributed by atoms with E-state index in [0.717, 1.165) is 15.9 Å². The Morgan fingerprint density at radius 1 is 1.19 bits per heavy atom. The summed E-state index contributed by atoms with van der Waals surface area (Å²) in [5, 5.41) is 4.78. The maximum absolute atomic E-state index is 11.1. The van der Waals surface area contributed by atoms with Crippen LogP contribution in [0.5, 0.6) is 0 Å². The third-order valence-electron chi connectivity index (χ3n) is 1.98. The fraction of sp³-hybridized carbons (Fsp3) is 0.100. The van der Waals surface area contributed by atoms with Crippen LogP contribution in [0.2, 0.25) is 10.0 Å². The topological polar surface area (TPSA) is 29.1 Å². The van der Waals surface area contributed by atoms with E-state index in [4.69, 9.17) is 23.2 Å². The Balaban J connectivity index is 2.11. The van der Waals surface area contributed by atoms with Gasteiger partial charge in [-0.05, 0) is 22.0 Å². The molecule has 2 rings (SSSR count). The van der Waals surface area contributed by atoms with Gasteiger partial charge in [0, 0.05) is 11.6 Å². The lowest BCUT2D eigenvalue weighted by atomic mass is 10.2. The molecule has 0 aliphatic heterocycles. The molecule has 0 fully saturated rings. The van der Waals surface area contributed by atoms with Gasteiger partial charge in [0.1, 0.15) is 10.0 Å².